The number of rotatable bonds is 11. The van der Waals surface area contributed by atoms with Crippen molar-refractivity contribution in [1.82, 2.24) is 24.5 Å². The molecule has 0 radical (unpaired) electrons. The zero-order valence-electron chi connectivity index (χ0n) is 24.4. The number of aromatic nitrogens is 5. The largest absolute Gasteiger partial charge is 0.497 e. The third kappa shape index (κ3) is 6.74. The second kappa shape index (κ2) is 11.8. The summed E-state index contributed by atoms with van der Waals surface area (Å²) in [5.41, 5.74) is 10.5. The first-order valence-electron chi connectivity index (χ1n) is 14.3. The van der Waals surface area contributed by atoms with Gasteiger partial charge in [0, 0.05) is 52.7 Å². The number of pyridine rings is 1. The highest BCUT2D eigenvalue weighted by molar-refractivity contribution is 9.10. The average Bonchev–Trinajstić information content (AvgIpc) is 3.55. The van der Waals surface area contributed by atoms with Crippen LogP contribution in [0.15, 0.2) is 77.8 Å². The lowest BCUT2D eigenvalue weighted by molar-refractivity contribution is 0.109. The molecule has 0 unspecified atom stereocenters. The molecule has 3 aromatic heterocycles. The molecule has 0 amide bonds. The molecule has 0 bridgehead atoms. The molecule has 2 N–H and O–H groups in total. The molecule has 0 saturated heterocycles. The molecule has 1 aliphatic rings. The Balaban J connectivity index is 1.39. The van der Waals surface area contributed by atoms with E-state index in [1.165, 1.54) is 25.0 Å². The van der Waals surface area contributed by atoms with E-state index < -0.39 is 5.60 Å². The molecule has 0 aliphatic heterocycles. The Bertz CT molecular complexity index is 1740. The maximum absolute atomic E-state index is 14.8. The van der Waals surface area contributed by atoms with Gasteiger partial charge in [0.15, 0.2) is 11.6 Å². The van der Waals surface area contributed by atoms with Crippen LogP contribution in [0.1, 0.15) is 48.9 Å². The van der Waals surface area contributed by atoms with Crippen molar-refractivity contribution >= 4 is 21.7 Å². The summed E-state index contributed by atoms with van der Waals surface area (Å²) in [6.07, 6.45) is 10.9. The minimum atomic E-state index is -0.972. The van der Waals surface area contributed by atoms with Crippen molar-refractivity contribution in [1.29, 1.82) is 0 Å². The summed E-state index contributed by atoms with van der Waals surface area (Å²) in [6.45, 7) is 5.29. The van der Waals surface area contributed by atoms with Crippen molar-refractivity contribution in [2.75, 3.05) is 12.8 Å². The van der Waals surface area contributed by atoms with E-state index in [1.54, 1.807) is 25.4 Å². The quantitative estimate of drug-likeness (QED) is 0.166. The number of nitrogen functional groups attached to an aromatic ring is 1. The van der Waals surface area contributed by atoms with Crippen LogP contribution in [0.2, 0.25) is 0 Å². The molecular weight excluding hydrogens is 611 g/mol. The van der Waals surface area contributed by atoms with Gasteiger partial charge >= 0.3 is 0 Å². The molecule has 1 fully saturated rings. The van der Waals surface area contributed by atoms with E-state index in [1.807, 2.05) is 53.7 Å². The number of halogens is 2. The Morgan fingerprint density at radius 3 is 2.56 bits per heavy atom. The number of anilines is 1. The molecule has 2 aromatic carbocycles. The average molecular weight is 646 g/mol. The summed E-state index contributed by atoms with van der Waals surface area (Å²) in [5, 5.41) is 9.66. The van der Waals surface area contributed by atoms with Crippen LogP contribution < -0.4 is 15.2 Å². The van der Waals surface area contributed by atoms with Crippen molar-refractivity contribution < 1.29 is 13.9 Å². The predicted octanol–water partition coefficient (Wildman–Crippen LogP) is 7.00. The second-order valence-corrected chi connectivity index (χ2v) is 12.5. The van der Waals surface area contributed by atoms with Gasteiger partial charge < -0.3 is 15.2 Å². The molecule has 1 saturated carbocycles. The second-order valence-electron chi connectivity index (χ2n) is 11.6. The Labute approximate surface area is 258 Å². The number of hydrogen-bond acceptors (Lipinski definition) is 6. The smallest absolute Gasteiger partial charge is 0.166 e. The zero-order valence-corrected chi connectivity index (χ0v) is 26.0. The summed E-state index contributed by atoms with van der Waals surface area (Å²) in [6, 6.07) is 14.4. The highest BCUT2D eigenvalue weighted by Crippen LogP contribution is 2.39. The Morgan fingerprint density at radius 1 is 1.02 bits per heavy atom. The molecular formula is C33H34BrFN6O2. The van der Waals surface area contributed by atoms with E-state index in [9.17, 15) is 4.39 Å². The van der Waals surface area contributed by atoms with Crippen LogP contribution in [0, 0.1) is 11.7 Å². The van der Waals surface area contributed by atoms with Gasteiger partial charge in [0.2, 0.25) is 0 Å². The maximum atomic E-state index is 14.8. The number of ether oxygens (including phenoxy) is 2. The Morgan fingerprint density at radius 2 is 1.81 bits per heavy atom. The standard InChI is InChI=1S/C33H34BrFN6O2/c1-33(2,43-30-13-25(34)16-37-32(30)36)29-14-26(35)8-11-28(29)31-24(12-23-15-38-40(19-23)17-21-4-5-21)20-41(39-31)18-22-6-9-27(42-3)10-7-22/h6-11,13-16,19-21H,4-5,12,17-18H2,1-3H3,(H2,36,37). The van der Waals surface area contributed by atoms with Gasteiger partial charge in [-0.1, -0.05) is 12.1 Å². The Hall–Kier alpha value is -4.18. The molecule has 1 aliphatic carbocycles. The van der Waals surface area contributed by atoms with Crippen LogP contribution in [0.4, 0.5) is 10.2 Å². The number of benzene rings is 2. The van der Waals surface area contributed by atoms with Crippen LogP contribution in [0.5, 0.6) is 11.5 Å². The van der Waals surface area contributed by atoms with Crippen LogP contribution in [-0.2, 0) is 25.1 Å². The van der Waals surface area contributed by atoms with Gasteiger partial charge in [0.1, 0.15) is 17.2 Å². The lowest BCUT2D eigenvalue weighted by Crippen LogP contribution is -2.27. The van der Waals surface area contributed by atoms with Gasteiger partial charge in [0.25, 0.3) is 0 Å². The molecule has 10 heteroatoms. The van der Waals surface area contributed by atoms with Gasteiger partial charge in [-0.25, -0.2) is 9.37 Å². The highest BCUT2D eigenvalue weighted by atomic mass is 79.9. The van der Waals surface area contributed by atoms with Crippen molar-refractivity contribution in [2.45, 2.75) is 51.8 Å². The van der Waals surface area contributed by atoms with E-state index in [4.69, 9.17) is 20.3 Å². The monoisotopic (exact) mass is 644 g/mol. The molecule has 5 aromatic rings. The van der Waals surface area contributed by atoms with E-state index in [-0.39, 0.29) is 11.6 Å². The first-order chi connectivity index (χ1) is 20.7. The first kappa shape index (κ1) is 28.9. The molecule has 8 nitrogen and oxygen atoms in total. The van der Waals surface area contributed by atoms with Gasteiger partial charge in [-0.05, 0) is 96.1 Å². The molecule has 222 valence electrons. The fraction of sp³-hybridized carbons (Fsp3) is 0.303. The number of nitrogens with two attached hydrogens (primary N) is 1. The summed E-state index contributed by atoms with van der Waals surface area (Å²) in [4.78, 5) is 4.19. The summed E-state index contributed by atoms with van der Waals surface area (Å²) < 4.78 is 31.3. The van der Waals surface area contributed by atoms with Crippen LogP contribution in [0.3, 0.4) is 0 Å². The lowest BCUT2D eigenvalue weighted by Gasteiger charge is -2.29. The van der Waals surface area contributed by atoms with Crippen molar-refractivity contribution in [3.8, 4) is 22.8 Å². The first-order valence-corrected chi connectivity index (χ1v) is 15.1. The zero-order chi connectivity index (χ0) is 30.1. The lowest BCUT2D eigenvalue weighted by atomic mass is 9.89. The van der Waals surface area contributed by atoms with Gasteiger partial charge in [0.05, 0.1) is 25.5 Å². The fourth-order valence-electron chi connectivity index (χ4n) is 5.26. The summed E-state index contributed by atoms with van der Waals surface area (Å²) in [5.74, 6) is 1.82. The molecule has 43 heavy (non-hydrogen) atoms. The van der Waals surface area contributed by atoms with Crippen molar-refractivity contribution in [3.63, 3.8) is 0 Å². The predicted molar refractivity (Wildman–Crippen MR) is 167 cm³/mol. The fourth-order valence-corrected chi connectivity index (χ4v) is 5.57. The maximum Gasteiger partial charge on any atom is 0.166 e. The minimum Gasteiger partial charge on any atom is -0.497 e. The van der Waals surface area contributed by atoms with Gasteiger partial charge in [-0.2, -0.15) is 10.2 Å². The summed E-state index contributed by atoms with van der Waals surface area (Å²) in [7, 11) is 1.65. The Kier molecular flexibility index (Phi) is 7.96. The number of nitrogens with zero attached hydrogens (tertiary/aromatic N) is 5. The third-order valence-electron chi connectivity index (χ3n) is 7.66. The van der Waals surface area contributed by atoms with Crippen molar-refractivity contribution in [3.05, 3.63) is 106 Å². The molecule has 6 rings (SSSR count). The van der Waals surface area contributed by atoms with Crippen molar-refractivity contribution in [2.24, 2.45) is 5.92 Å². The SMILES string of the molecule is COc1ccc(Cn2cc(Cc3cnn(CC4CC4)c3)c(-c3ccc(F)cc3C(C)(C)Oc3cc(Br)cnc3N)n2)cc1. The van der Waals surface area contributed by atoms with E-state index in [0.29, 0.717) is 24.3 Å². The molecule has 3 heterocycles. The van der Waals surface area contributed by atoms with E-state index in [0.717, 1.165) is 50.6 Å². The number of methoxy groups -OCH3 is 1. The topological polar surface area (TPSA) is 93.0 Å². The normalized spacial score (nSPS) is 13.3. The minimum absolute atomic E-state index is 0.252. The summed E-state index contributed by atoms with van der Waals surface area (Å²) >= 11 is 3.44. The highest BCUT2D eigenvalue weighted by Gasteiger charge is 2.30. The van der Waals surface area contributed by atoms with E-state index in [2.05, 4.69) is 38.4 Å². The number of hydrogen-bond donors (Lipinski definition) is 1. The molecule has 0 atom stereocenters. The molecule has 0 spiro atoms. The third-order valence-corrected chi connectivity index (χ3v) is 8.10. The van der Waals surface area contributed by atoms with Crippen LogP contribution in [-0.4, -0.2) is 31.7 Å². The van der Waals surface area contributed by atoms with Gasteiger partial charge in [-0.15, -0.1) is 0 Å². The van der Waals surface area contributed by atoms with Crippen LogP contribution in [0.25, 0.3) is 11.3 Å². The van der Waals surface area contributed by atoms with E-state index >= 15 is 0 Å². The van der Waals surface area contributed by atoms with Gasteiger partial charge in [-0.3, -0.25) is 9.36 Å². The van der Waals surface area contributed by atoms with Crippen LogP contribution >= 0.6 is 15.9 Å².